The van der Waals surface area contributed by atoms with Crippen LogP contribution >= 0.6 is 0 Å². The van der Waals surface area contributed by atoms with Gasteiger partial charge in [0.2, 0.25) is 5.91 Å². The fourth-order valence-corrected chi connectivity index (χ4v) is 4.26. The number of Topliss-reactive ketones (excluding diaryl/α,β-unsaturated/α-hetero) is 1. The number of ketones is 1. The zero-order valence-corrected chi connectivity index (χ0v) is 15.1. The molecule has 1 heterocycles. The highest BCUT2D eigenvalue weighted by Gasteiger charge is 2.72. The number of hydrogen-bond donors (Lipinski definition) is 4. The number of ether oxygens (including phenoxy) is 1. The van der Waals surface area contributed by atoms with Gasteiger partial charge in [-0.3, -0.25) is 9.59 Å². The first-order valence-corrected chi connectivity index (χ1v) is 9.65. The van der Waals surface area contributed by atoms with Gasteiger partial charge in [0.05, 0.1) is 24.2 Å². The van der Waals surface area contributed by atoms with Crippen LogP contribution < -0.4 is 5.32 Å². The quantitative estimate of drug-likeness (QED) is 0.277. The zero-order chi connectivity index (χ0) is 18.9. The van der Waals surface area contributed by atoms with Crippen molar-refractivity contribution >= 4 is 11.7 Å². The van der Waals surface area contributed by atoms with Crippen LogP contribution in [0.2, 0.25) is 0 Å². The Kier molecular flexibility index (Phi) is 5.81. The van der Waals surface area contributed by atoms with Crippen LogP contribution in [-0.4, -0.2) is 63.1 Å². The van der Waals surface area contributed by atoms with E-state index in [2.05, 4.69) is 12.2 Å². The third-order valence-electron chi connectivity index (χ3n) is 5.81. The number of allylic oxidation sites excluding steroid dienone is 1. The van der Waals surface area contributed by atoms with Crippen molar-refractivity contribution in [1.82, 2.24) is 5.32 Å². The minimum Gasteiger partial charge on any atom is -0.390 e. The maximum absolute atomic E-state index is 12.4. The average Bonchev–Trinajstić information content (AvgIpc) is 3.40. The molecule has 2 aliphatic carbocycles. The molecule has 7 atom stereocenters. The summed E-state index contributed by atoms with van der Waals surface area (Å²) >= 11 is 0. The van der Waals surface area contributed by atoms with E-state index in [1.807, 2.05) is 0 Å². The number of carbonyl (C=O) groups is 2. The first-order chi connectivity index (χ1) is 12.4. The second-order valence-corrected chi connectivity index (χ2v) is 7.74. The lowest BCUT2D eigenvalue weighted by molar-refractivity contribution is -0.171. The van der Waals surface area contributed by atoms with Crippen LogP contribution in [-0.2, 0) is 14.3 Å². The van der Waals surface area contributed by atoms with Crippen LogP contribution in [0.25, 0.3) is 0 Å². The third kappa shape index (κ3) is 3.58. The van der Waals surface area contributed by atoms with E-state index in [9.17, 15) is 24.9 Å². The maximum atomic E-state index is 12.4. The Labute approximate surface area is 153 Å². The number of aliphatic hydroxyl groups is 3. The summed E-state index contributed by atoms with van der Waals surface area (Å²) in [6.45, 7) is 2.16. The summed E-state index contributed by atoms with van der Waals surface area (Å²) in [6, 6.07) is -0.802. The van der Waals surface area contributed by atoms with Crippen molar-refractivity contribution in [2.45, 2.75) is 87.9 Å². The molecule has 1 amide bonds. The molecular weight excluding hydrogens is 338 g/mol. The predicted molar refractivity (Wildman–Crippen MR) is 93.2 cm³/mol. The molecule has 7 nitrogen and oxygen atoms in total. The smallest absolute Gasteiger partial charge is 0.243 e. The molecule has 3 rings (SSSR count). The van der Waals surface area contributed by atoms with Crippen molar-refractivity contribution in [1.29, 1.82) is 0 Å². The predicted octanol–water partition coefficient (Wildman–Crippen LogP) is 0.211. The van der Waals surface area contributed by atoms with Gasteiger partial charge in [0, 0.05) is 6.42 Å². The van der Waals surface area contributed by atoms with Crippen LogP contribution in [0.5, 0.6) is 0 Å². The molecule has 1 saturated heterocycles. The van der Waals surface area contributed by atoms with Crippen LogP contribution in [0, 0.1) is 5.92 Å². The van der Waals surface area contributed by atoms with Crippen molar-refractivity contribution in [2.24, 2.45) is 5.92 Å². The Morgan fingerprint density at radius 2 is 2.00 bits per heavy atom. The molecule has 7 unspecified atom stereocenters. The molecule has 0 radical (unpaired) electrons. The Morgan fingerprint density at radius 3 is 2.73 bits per heavy atom. The second kappa shape index (κ2) is 7.76. The van der Waals surface area contributed by atoms with E-state index in [-0.39, 0.29) is 12.3 Å². The van der Waals surface area contributed by atoms with Crippen LogP contribution in [0.4, 0.5) is 0 Å². The molecule has 1 aliphatic heterocycles. The van der Waals surface area contributed by atoms with Crippen molar-refractivity contribution in [3.05, 3.63) is 12.2 Å². The summed E-state index contributed by atoms with van der Waals surface area (Å²) in [4.78, 5) is 24.5. The summed E-state index contributed by atoms with van der Waals surface area (Å²) in [5, 5.41) is 33.9. The molecule has 0 aromatic rings. The van der Waals surface area contributed by atoms with E-state index in [0.717, 1.165) is 19.3 Å². The molecule has 3 aliphatic rings. The number of rotatable bonds is 8. The number of epoxide rings is 1. The highest BCUT2D eigenvalue weighted by Crippen LogP contribution is 2.50. The summed E-state index contributed by atoms with van der Waals surface area (Å²) in [5.41, 5.74) is -1.74. The Hall–Kier alpha value is -1.28. The van der Waals surface area contributed by atoms with Gasteiger partial charge in [-0.1, -0.05) is 38.7 Å². The standard InChI is InChI=1S/C19H29NO6/c1-2-3-4-5-6-7-8-9-12(21)20-11-10-19(25)17(24)13(14(11)22)15(23)16-18(19)26-16/h8-9,11,13-16,18,22-23,25H,2-7,10H2,1H3,(H,20,21). The first-order valence-electron chi connectivity index (χ1n) is 9.65. The number of fused-ring (bicyclic) bond motifs is 4. The normalized spacial score (nSPS) is 41.2. The molecule has 0 spiro atoms. The van der Waals surface area contributed by atoms with Crippen LogP contribution in [0.3, 0.4) is 0 Å². The molecule has 0 aromatic heterocycles. The summed E-state index contributed by atoms with van der Waals surface area (Å²) in [5.74, 6) is -2.10. The number of aliphatic hydroxyl groups excluding tert-OH is 2. The number of nitrogens with one attached hydrogen (secondary N) is 1. The van der Waals surface area contributed by atoms with Crippen molar-refractivity contribution in [3.8, 4) is 0 Å². The number of amides is 1. The van der Waals surface area contributed by atoms with E-state index in [1.165, 1.54) is 25.3 Å². The molecular formula is C19H29NO6. The molecule has 146 valence electrons. The van der Waals surface area contributed by atoms with Gasteiger partial charge in [-0.2, -0.15) is 0 Å². The monoisotopic (exact) mass is 367 g/mol. The Balaban J connectivity index is 1.52. The van der Waals surface area contributed by atoms with Gasteiger partial charge in [-0.05, 0) is 18.9 Å². The van der Waals surface area contributed by atoms with Gasteiger partial charge in [0.25, 0.3) is 0 Å². The minimum atomic E-state index is -1.74. The molecule has 26 heavy (non-hydrogen) atoms. The second-order valence-electron chi connectivity index (χ2n) is 7.74. The molecule has 0 aromatic carbocycles. The van der Waals surface area contributed by atoms with Gasteiger partial charge < -0.3 is 25.4 Å². The molecule has 4 N–H and O–H groups in total. The summed E-state index contributed by atoms with van der Waals surface area (Å²) in [7, 11) is 0. The highest BCUT2D eigenvalue weighted by atomic mass is 16.6. The fraction of sp³-hybridized carbons (Fsp3) is 0.789. The molecule has 3 fully saturated rings. The van der Waals surface area contributed by atoms with Crippen LogP contribution in [0.1, 0.15) is 51.9 Å². The highest BCUT2D eigenvalue weighted by molar-refractivity contribution is 5.94. The van der Waals surface area contributed by atoms with E-state index in [0.29, 0.717) is 0 Å². The topological polar surface area (TPSA) is 119 Å². The van der Waals surface area contributed by atoms with Gasteiger partial charge >= 0.3 is 0 Å². The lowest BCUT2D eigenvalue weighted by Crippen LogP contribution is -2.69. The number of hydrogen-bond acceptors (Lipinski definition) is 6. The first kappa shape index (κ1) is 19.5. The molecule has 2 bridgehead atoms. The fourth-order valence-electron chi connectivity index (χ4n) is 4.26. The molecule has 2 saturated carbocycles. The lowest BCUT2D eigenvalue weighted by atomic mass is 9.64. The van der Waals surface area contributed by atoms with Crippen molar-refractivity contribution < 1.29 is 29.6 Å². The largest absolute Gasteiger partial charge is 0.390 e. The van der Waals surface area contributed by atoms with Gasteiger partial charge in [-0.15, -0.1) is 0 Å². The minimum absolute atomic E-state index is 0.103. The summed E-state index contributed by atoms with van der Waals surface area (Å²) < 4.78 is 5.24. The van der Waals surface area contributed by atoms with E-state index in [1.54, 1.807) is 6.08 Å². The van der Waals surface area contributed by atoms with Crippen molar-refractivity contribution in [2.75, 3.05) is 0 Å². The van der Waals surface area contributed by atoms with Gasteiger partial charge in [0.15, 0.2) is 11.4 Å². The Bertz CT molecular complexity index is 578. The van der Waals surface area contributed by atoms with E-state index in [4.69, 9.17) is 4.74 Å². The van der Waals surface area contributed by atoms with Gasteiger partial charge in [0.1, 0.15) is 12.2 Å². The average molecular weight is 367 g/mol. The third-order valence-corrected chi connectivity index (χ3v) is 5.81. The lowest BCUT2D eigenvalue weighted by Gasteiger charge is -2.46. The summed E-state index contributed by atoms with van der Waals surface area (Å²) in [6.07, 6.45) is 5.97. The van der Waals surface area contributed by atoms with E-state index < -0.39 is 47.8 Å². The number of carbonyl (C=O) groups excluding carboxylic acids is 2. The SMILES string of the molecule is CCCCCCCC=CC(=O)NC1CC2(O)C(=O)C(C1O)C(O)C1OC12. The zero-order valence-electron chi connectivity index (χ0n) is 15.1. The maximum Gasteiger partial charge on any atom is 0.243 e. The molecule has 7 heteroatoms. The van der Waals surface area contributed by atoms with Crippen molar-refractivity contribution in [3.63, 3.8) is 0 Å². The number of unbranched alkanes of at least 4 members (excludes halogenated alkanes) is 5. The van der Waals surface area contributed by atoms with E-state index >= 15 is 0 Å². The van der Waals surface area contributed by atoms with Crippen LogP contribution in [0.15, 0.2) is 12.2 Å². The van der Waals surface area contributed by atoms with Gasteiger partial charge in [-0.25, -0.2) is 0 Å². The Morgan fingerprint density at radius 1 is 1.27 bits per heavy atom.